The van der Waals surface area contributed by atoms with E-state index in [0.29, 0.717) is 12.8 Å². The molecular formula is C21H26N2O3. The Morgan fingerprint density at radius 2 is 1.73 bits per heavy atom. The highest BCUT2D eigenvalue weighted by Gasteiger charge is 2.46. The highest BCUT2D eigenvalue weighted by Crippen LogP contribution is 2.34. The molecule has 1 saturated heterocycles. The third-order valence-corrected chi connectivity index (χ3v) is 5.28. The number of benzene rings is 1. The molecule has 5 nitrogen and oxygen atoms in total. The molecule has 3 rings (SSSR count). The first-order valence-electron chi connectivity index (χ1n) is 9.39. The van der Waals surface area contributed by atoms with Gasteiger partial charge in [-0.3, -0.25) is 19.3 Å². The zero-order valence-corrected chi connectivity index (χ0v) is 15.2. The predicted molar refractivity (Wildman–Crippen MR) is 99.1 cm³/mol. The van der Waals surface area contributed by atoms with Gasteiger partial charge in [-0.1, -0.05) is 42.5 Å². The molecule has 1 heterocycles. The number of nitrogens with one attached hydrogen (secondary N) is 1. The Kier molecular flexibility index (Phi) is 5.86. The second-order valence-electron chi connectivity index (χ2n) is 7.23. The number of hydrogen-bond donors (Lipinski definition) is 1. The summed E-state index contributed by atoms with van der Waals surface area (Å²) in [5.41, 5.74) is 1.25. The van der Waals surface area contributed by atoms with E-state index in [9.17, 15) is 14.4 Å². The Labute approximate surface area is 154 Å². The molecule has 0 bridgehead atoms. The van der Waals surface area contributed by atoms with Crippen molar-refractivity contribution in [3.8, 4) is 0 Å². The Hall–Kier alpha value is -2.43. The maximum atomic E-state index is 12.4. The molecule has 1 fully saturated rings. The molecule has 1 aliphatic heterocycles. The molecule has 26 heavy (non-hydrogen) atoms. The van der Waals surface area contributed by atoms with E-state index in [1.54, 1.807) is 0 Å². The van der Waals surface area contributed by atoms with Crippen LogP contribution in [0.5, 0.6) is 0 Å². The average molecular weight is 354 g/mol. The fraction of sp³-hybridized carbons (Fsp3) is 0.476. The van der Waals surface area contributed by atoms with Crippen molar-refractivity contribution in [2.75, 3.05) is 6.54 Å². The lowest BCUT2D eigenvalue weighted by Gasteiger charge is -2.17. The lowest BCUT2D eigenvalue weighted by Crippen LogP contribution is -2.38. The van der Waals surface area contributed by atoms with Crippen molar-refractivity contribution in [1.29, 1.82) is 0 Å². The summed E-state index contributed by atoms with van der Waals surface area (Å²) in [5, 5.41) is 2.97. The van der Waals surface area contributed by atoms with Gasteiger partial charge in [0.15, 0.2) is 0 Å². The average Bonchev–Trinajstić information content (AvgIpc) is 2.90. The van der Waals surface area contributed by atoms with Crippen LogP contribution in [0, 0.1) is 11.8 Å². The van der Waals surface area contributed by atoms with E-state index >= 15 is 0 Å². The number of imide groups is 1. The Morgan fingerprint density at radius 1 is 1.12 bits per heavy atom. The van der Waals surface area contributed by atoms with Crippen LogP contribution in [0.1, 0.15) is 38.2 Å². The highest BCUT2D eigenvalue weighted by molar-refractivity contribution is 6.05. The van der Waals surface area contributed by atoms with E-state index in [0.717, 1.165) is 12.8 Å². The smallest absolute Gasteiger partial charge is 0.233 e. The largest absolute Gasteiger partial charge is 0.354 e. The van der Waals surface area contributed by atoms with Crippen LogP contribution in [0.4, 0.5) is 0 Å². The van der Waals surface area contributed by atoms with E-state index in [1.807, 2.05) is 37.3 Å². The lowest BCUT2D eigenvalue weighted by molar-refractivity contribution is -0.140. The van der Waals surface area contributed by atoms with Crippen molar-refractivity contribution >= 4 is 17.7 Å². The first-order chi connectivity index (χ1) is 12.6. The molecule has 0 unspecified atom stereocenters. The van der Waals surface area contributed by atoms with E-state index in [1.165, 1.54) is 10.5 Å². The number of amides is 3. The number of nitrogens with zero attached hydrogens (tertiary/aromatic N) is 1. The van der Waals surface area contributed by atoms with Gasteiger partial charge in [0.25, 0.3) is 0 Å². The summed E-state index contributed by atoms with van der Waals surface area (Å²) >= 11 is 0. The van der Waals surface area contributed by atoms with Crippen molar-refractivity contribution in [2.45, 2.75) is 45.1 Å². The van der Waals surface area contributed by atoms with Gasteiger partial charge in [-0.05, 0) is 38.2 Å². The van der Waals surface area contributed by atoms with Gasteiger partial charge < -0.3 is 5.32 Å². The van der Waals surface area contributed by atoms with Gasteiger partial charge in [0.1, 0.15) is 0 Å². The van der Waals surface area contributed by atoms with Crippen LogP contribution in [0.2, 0.25) is 0 Å². The molecule has 138 valence electrons. The normalized spacial score (nSPS) is 23.0. The quantitative estimate of drug-likeness (QED) is 0.604. The van der Waals surface area contributed by atoms with Crippen LogP contribution in [0.3, 0.4) is 0 Å². The molecule has 0 radical (unpaired) electrons. The second-order valence-corrected chi connectivity index (χ2v) is 7.23. The SMILES string of the molecule is C[C@@H](CCc1ccccc1)NC(=O)CCN1C(=O)[C@H]2CC=CC[C@H]2C1=O. The second kappa shape index (κ2) is 8.30. The fourth-order valence-electron chi connectivity index (χ4n) is 3.75. The van der Waals surface area contributed by atoms with Crippen LogP contribution in [-0.2, 0) is 20.8 Å². The van der Waals surface area contributed by atoms with E-state index < -0.39 is 0 Å². The van der Waals surface area contributed by atoms with Gasteiger partial charge in [0.05, 0.1) is 11.8 Å². The monoisotopic (exact) mass is 354 g/mol. The third-order valence-electron chi connectivity index (χ3n) is 5.28. The molecule has 0 aromatic heterocycles. The molecule has 1 N–H and O–H groups in total. The lowest BCUT2D eigenvalue weighted by atomic mass is 9.85. The molecule has 1 aliphatic carbocycles. The summed E-state index contributed by atoms with van der Waals surface area (Å²) in [6, 6.07) is 10.2. The number of allylic oxidation sites excluding steroid dienone is 2. The topological polar surface area (TPSA) is 66.5 Å². The van der Waals surface area contributed by atoms with Gasteiger partial charge in [0, 0.05) is 19.0 Å². The maximum Gasteiger partial charge on any atom is 0.233 e. The molecule has 1 aromatic rings. The van der Waals surface area contributed by atoms with Crippen LogP contribution in [-0.4, -0.2) is 35.2 Å². The van der Waals surface area contributed by atoms with Crippen LogP contribution >= 0.6 is 0 Å². The van der Waals surface area contributed by atoms with Crippen molar-refractivity contribution < 1.29 is 14.4 Å². The zero-order chi connectivity index (χ0) is 18.5. The molecule has 3 amide bonds. The fourth-order valence-corrected chi connectivity index (χ4v) is 3.75. The number of rotatable bonds is 7. The number of likely N-dealkylation sites (tertiary alicyclic amines) is 1. The maximum absolute atomic E-state index is 12.4. The minimum atomic E-state index is -0.222. The predicted octanol–water partition coefficient (Wildman–Crippen LogP) is 2.47. The first kappa shape index (κ1) is 18.4. The summed E-state index contributed by atoms with van der Waals surface area (Å²) in [6.45, 7) is 2.16. The van der Waals surface area contributed by atoms with Crippen molar-refractivity contribution in [1.82, 2.24) is 10.2 Å². The van der Waals surface area contributed by atoms with E-state index in [-0.39, 0.29) is 48.6 Å². The summed E-state index contributed by atoms with van der Waals surface area (Å²) in [6.07, 6.45) is 7.13. The van der Waals surface area contributed by atoms with Gasteiger partial charge in [-0.15, -0.1) is 0 Å². The number of hydrogen-bond acceptors (Lipinski definition) is 3. The number of carbonyl (C=O) groups is 3. The van der Waals surface area contributed by atoms with E-state index in [4.69, 9.17) is 0 Å². The van der Waals surface area contributed by atoms with Gasteiger partial charge in [-0.25, -0.2) is 0 Å². The molecular weight excluding hydrogens is 328 g/mol. The van der Waals surface area contributed by atoms with Gasteiger partial charge >= 0.3 is 0 Å². The van der Waals surface area contributed by atoms with Crippen molar-refractivity contribution in [2.24, 2.45) is 11.8 Å². The highest BCUT2D eigenvalue weighted by atomic mass is 16.2. The first-order valence-corrected chi connectivity index (χ1v) is 9.39. The van der Waals surface area contributed by atoms with Crippen LogP contribution < -0.4 is 5.32 Å². The molecule has 5 heteroatoms. The minimum absolute atomic E-state index is 0.0551. The van der Waals surface area contributed by atoms with Gasteiger partial charge in [0.2, 0.25) is 17.7 Å². The molecule has 0 spiro atoms. The van der Waals surface area contributed by atoms with E-state index in [2.05, 4.69) is 17.4 Å². The standard InChI is InChI=1S/C21H26N2O3/c1-15(11-12-16-7-3-2-4-8-16)22-19(24)13-14-23-20(25)17-9-5-6-10-18(17)21(23)26/h2-8,15,17-18H,9-14H2,1H3,(H,22,24)/t15-,17-,18+/m0/s1. The summed E-state index contributed by atoms with van der Waals surface area (Å²) in [4.78, 5) is 38.2. The van der Waals surface area contributed by atoms with Crippen molar-refractivity contribution in [3.05, 3.63) is 48.0 Å². The Bertz CT molecular complexity index is 672. The van der Waals surface area contributed by atoms with Crippen molar-refractivity contribution in [3.63, 3.8) is 0 Å². The number of aryl methyl sites for hydroxylation is 1. The summed E-state index contributed by atoms with van der Waals surface area (Å²) in [5.74, 6) is -0.788. The summed E-state index contributed by atoms with van der Waals surface area (Å²) in [7, 11) is 0. The molecule has 3 atom stereocenters. The zero-order valence-electron chi connectivity index (χ0n) is 15.2. The Morgan fingerprint density at radius 3 is 2.35 bits per heavy atom. The number of carbonyl (C=O) groups excluding carboxylic acids is 3. The minimum Gasteiger partial charge on any atom is -0.354 e. The van der Waals surface area contributed by atoms with Gasteiger partial charge in [-0.2, -0.15) is 0 Å². The summed E-state index contributed by atoms with van der Waals surface area (Å²) < 4.78 is 0. The third kappa shape index (κ3) is 4.21. The molecule has 1 aromatic carbocycles. The Balaban J connectivity index is 1.42. The molecule has 0 saturated carbocycles. The van der Waals surface area contributed by atoms with Crippen LogP contribution in [0.15, 0.2) is 42.5 Å². The van der Waals surface area contributed by atoms with Crippen LogP contribution in [0.25, 0.3) is 0 Å². The molecule has 2 aliphatic rings. The number of fused-ring (bicyclic) bond motifs is 1.